The zero-order valence-corrected chi connectivity index (χ0v) is 15.2. The summed E-state index contributed by atoms with van der Waals surface area (Å²) in [5.41, 5.74) is 12.1. The molecule has 4 rings (SSSR count). The lowest BCUT2D eigenvalue weighted by atomic mass is 10.0. The highest BCUT2D eigenvalue weighted by molar-refractivity contribution is 8.00. The van der Waals surface area contributed by atoms with Gasteiger partial charge in [-0.05, 0) is 12.0 Å². The Morgan fingerprint density at radius 1 is 1.22 bits per heavy atom. The van der Waals surface area contributed by atoms with Crippen molar-refractivity contribution in [2.45, 2.75) is 30.4 Å². The van der Waals surface area contributed by atoms with Gasteiger partial charge in [0.1, 0.15) is 10.9 Å². The van der Waals surface area contributed by atoms with Crippen molar-refractivity contribution in [1.82, 2.24) is 19.9 Å². The first-order valence-electron chi connectivity index (χ1n) is 8.44. The summed E-state index contributed by atoms with van der Waals surface area (Å²) in [7, 11) is 0. The summed E-state index contributed by atoms with van der Waals surface area (Å²) < 4.78 is 5.35. The standard InChI is InChI=1S/C17H18N6O3S/c18-15-20-12(21-16(19)22-15)8-26-14(25)11-9-27-17(7-6-13(24)23(11)17)10-4-2-1-3-5-10/h1-5,11H,6-9H2,(H4,18,19,20,21,22)/t11-,17-/m0/s1. The minimum absolute atomic E-state index is 0.0391. The van der Waals surface area contributed by atoms with Gasteiger partial charge in [0, 0.05) is 12.2 Å². The minimum Gasteiger partial charge on any atom is -0.456 e. The molecule has 1 aromatic heterocycles. The van der Waals surface area contributed by atoms with E-state index in [0.29, 0.717) is 18.6 Å². The molecular formula is C17H18N6O3S. The Morgan fingerprint density at radius 2 is 1.93 bits per heavy atom. The van der Waals surface area contributed by atoms with Crippen molar-refractivity contribution >= 4 is 35.5 Å². The highest BCUT2D eigenvalue weighted by atomic mass is 32.2. The number of hydrogen-bond donors (Lipinski definition) is 2. The molecule has 0 saturated carbocycles. The zero-order chi connectivity index (χ0) is 19.0. The number of carbonyl (C=O) groups excluding carboxylic acids is 2. The number of anilines is 2. The summed E-state index contributed by atoms with van der Waals surface area (Å²) in [6.45, 7) is -0.183. The third kappa shape index (κ3) is 3.05. The van der Waals surface area contributed by atoms with Crippen molar-refractivity contribution in [1.29, 1.82) is 0 Å². The molecule has 2 fully saturated rings. The van der Waals surface area contributed by atoms with E-state index in [1.807, 2.05) is 30.3 Å². The number of carbonyl (C=O) groups is 2. The Bertz CT molecular complexity index is 875. The maximum atomic E-state index is 12.7. The largest absolute Gasteiger partial charge is 0.456 e. The van der Waals surface area contributed by atoms with E-state index in [4.69, 9.17) is 16.2 Å². The number of esters is 1. The number of benzene rings is 1. The van der Waals surface area contributed by atoms with Gasteiger partial charge in [0.25, 0.3) is 0 Å². The number of thioether (sulfide) groups is 1. The van der Waals surface area contributed by atoms with E-state index in [1.165, 1.54) is 0 Å². The van der Waals surface area contributed by atoms with E-state index in [9.17, 15) is 9.59 Å². The van der Waals surface area contributed by atoms with E-state index in [1.54, 1.807) is 16.7 Å². The van der Waals surface area contributed by atoms with E-state index in [2.05, 4.69) is 15.0 Å². The van der Waals surface area contributed by atoms with Crippen LogP contribution in [0, 0.1) is 0 Å². The predicted octanol–water partition coefficient (Wildman–Crippen LogP) is 0.670. The van der Waals surface area contributed by atoms with Crippen molar-refractivity contribution < 1.29 is 14.3 Å². The van der Waals surface area contributed by atoms with Crippen LogP contribution in [0.5, 0.6) is 0 Å². The number of nitrogen functional groups attached to an aromatic ring is 2. The molecule has 0 aliphatic carbocycles. The second-order valence-corrected chi connectivity index (χ2v) is 7.61. The van der Waals surface area contributed by atoms with Crippen molar-refractivity contribution in [3.05, 3.63) is 41.7 Å². The molecular weight excluding hydrogens is 368 g/mol. The lowest BCUT2D eigenvalue weighted by Crippen LogP contribution is -2.46. The number of fused-ring (bicyclic) bond motifs is 1. The molecule has 2 aliphatic heterocycles. The van der Waals surface area contributed by atoms with Gasteiger partial charge < -0.3 is 21.1 Å². The van der Waals surface area contributed by atoms with Gasteiger partial charge in [0.2, 0.25) is 17.8 Å². The van der Waals surface area contributed by atoms with Gasteiger partial charge in [-0.25, -0.2) is 4.79 Å². The molecule has 9 nitrogen and oxygen atoms in total. The third-order valence-corrected chi connectivity index (χ3v) is 6.28. The smallest absolute Gasteiger partial charge is 0.330 e. The molecule has 2 atom stereocenters. The van der Waals surface area contributed by atoms with E-state index in [-0.39, 0.29) is 30.2 Å². The first-order valence-corrected chi connectivity index (χ1v) is 9.42. The Morgan fingerprint density at radius 3 is 2.63 bits per heavy atom. The van der Waals surface area contributed by atoms with Gasteiger partial charge in [0.15, 0.2) is 12.4 Å². The van der Waals surface area contributed by atoms with Crippen LogP contribution in [0.25, 0.3) is 0 Å². The summed E-state index contributed by atoms with van der Waals surface area (Å²) in [5.74, 6) is 0.0280. The van der Waals surface area contributed by atoms with Gasteiger partial charge in [0.05, 0.1) is 0 Å². The molecule has 1 aromatic carbocycles. The van der Waals surface area contributed by atoms with Crippen LogP contribution in [-0.4, -0.2) is 43.5 Å². The molecule has 0 radical (unpaired) electrons. The molecule has 1 amide bonds. The Labute approximate surface area is 159 Å². The molecule has 4 N–H and O–H groups in total. The Kier molecular flexibility index (Phi) is 4.34. The van der Waals surface area contributed by atoms with Crippen LogP contribution in [0.3, 0.4) is 0 Å². The molecule has 2 aliphatic rings. The first kappa shape index (κ1) is 17.5. The summed E-state index contributed by atoms with van der Waals surface area (Å²) in [6, 6.07) is 9.13. The molecule has 27 heavy (non-hydrogen) atoms. The van der Waals surface area contributed by atoms with E-state index in [0.717, 1.165) is 5.56 Å². The minimum atomic E-state index is -0.651. The van der Waals surface area contributed by atoms with Crippen LogP contribution < -0.4 is 11.5 Å². The van der Waals surface area contributed by atoms with Gasteiger partial charge in [-0.15, -0.1) is 11.8 Å². The highest BCUT2D eigenvalue weighted by Crippen LogP contribution is 2.54. The topological polar surface area (TPSA) is 137 Å². The van der Waals surface area contributed by atoms with Crippen LogP contribution in [-0.2, 0) is 25.8 Å². The monoisotopic (exact) mass is 386 g/mol. The molecule has 0 unspecified atom stereocenters. The van der Waals surface area contributed by atoms with Crippen LogP contribution in [0.1, 0.15) is 24.2 Å². The molecule has 10 heteroatoms. The fourth-order valence-electron chi connectivity index (χ4n) is 3.57. The third-order valence-electron chi connectivity index (χ3n) is 4.68. The average Bonchev–Trinajstić information content (AvgIpc) is 3.19. The highest BCUT2D eigenvalue weighted by Gasteiger charge is 2.57. The van der Waals surface area contributed by atoms with E-state index >= 15 is 0 Å². The molecule has 140 valence electrons. The van der Waals surface area contributed by atoms with Crippen LogP contribution in [0.15, 0.2) is 30.3 Å². The number of hydrogen-bond acceptors (Lipinski definition) is 9. The van der Waals surface area contributed by atoms with Crippen LogP contribution >= 0.6 is 11.8 Å². The second-order valence-electron chi connectivity index (χ2n) is 6.32. The van der Waals surface area contributed by atoms with Gasteiger partial charge in [-0.2, -0.15) is 15.0 Å². The first-order chi connectivity index (χ1) is 13.0. The SMILES string of the molecule is Nc1nc(N)nc(COC(=O)[C@@H]2CS[C@]3(c4ccccc4)CCC(=O)N23)n1. The number of rotatable bonds is 4. The molecule has 3 heterocycles. The second kappa shape index (κ2) is 6.69. The lowest BCUT2D eigenvalue weighted by Gasteiger charge is -2.33. The van der Waals surface area contributed by atoms with Crippen LogP contribution in [0.2, 0.25) is 0 Å². The summed E-state index contributed by atoms with van der Waals surface area (Å²) in [5, 5.41) is 0. The Balaban J connectivity index is 1.52. The maximum Gasteiger partial charge on any atom is 0.330 e. The number of aromatic nitrogens is 3. The number of nitrogens with two attached hydrogens (primary N) is 2. The average molecular weight is 386 g/mol. The fraction of sp³-hybridized carbons (Fsp3) is 0.353. The normalized spacial score (nSPS) is 24.1. The number of ether oxygens (including phenoxy) is 1. The number of amides is 1. The quantitative estimate of drug-likeness (QED) is 0.726. The maximum absolute atomic E-state index is 12.7. The lowest BCUT2D eigenvalue weighted by molar-refractivity contribution is -0.155. The summed E-state index contributed by atoms with van der Waals surface area (Å²) in [4.78, 5) is 37.8. The molecule has 0 bridgehead atoms. The number of nitrogens with zero attached hydrogens (tertiary/aromatic N) is 4. The van der Waals surface area contributed by atoms with Crippen LogP contribution in [0.4, 0.5) is 11.9 Å². The molecule has 2 saturated heterocycles. The summed E-state index contributed by atoms with van der Waals surface area (Å²) >= 11 is 1.60. The van der Waals surface area contributed by atoms with Crippen molar-refractivity contribution in [3.8, 4) is 0 Å². The summed E-state index contributed by atoms with van der Waals surface area (Å²) in [6.07, 6.45) is 1.08. The zero-order valence-electron chi connectivity index (χ0n) is 14.4. The van der Waals surface area contributed by atoms with Crippen molar-refractivity contribution in [2.24, 2.45) is 0 Å². The van der Waals surface area contributed by atoms with Gasteiger partial charge in [-0.3, -0.25) is 4.79 Å². The van der Waals surface area contributed by atoms with E-state index < -0.39 is 16.9 Å². The molecule has 2 aromatic rings. The Hall–Kier alpha value is -2.88. The van der Waals surface area contributed by atoms with Crippen molar-refractivity contribution in [3.63, 3.8) is 0 Å². The fourth-order valence-corrected chi connectivity index (χ4v) is 5.21. The van der Waals surface area contributed by atoms with Gasteiger partial charge in [-0.1, -0.05) is 30.3 Å². The molecule has 0 spiro atoms. The van der Waals surface area contributed by atoms with Crippen molar-refractivity contribution in [2.75, 3.05) is 17.2 Å². The predicted molar refractivity (Wildman–Crippen MR) is 98.9 cm³/mol. The van der Waals surface area contributed by atoms with Gasteiger partial charge >= 0.3 is 5.97 Å².